The molecule has 0 radical (unpaired) electrons. The van der Waals surface area contributed by atoms with E-state index < -0.39 is 52.0 Å². The van der Waals surface area contributed by atoms with Crippen molar-refractivity contribution in [3.05, 3.63) is 64.2 Å². The second-order valence-electron chi connectivity index (χ2n) is 9.38. The average molecular weight is 481 g/mol. The van der Waals surface area contributed by atoms with Crippen LogP contribution in [0.2, 0.25) is 0 Å². The number of imide groups is 1. The Morgan fingerprint density at radius 3 is 2.40 bits per heavy atom. The summed E-state index contributed by atoms with van der Waals surface area (Å²) < 4.78 is 0. The molecule has 2 aromatic carbocycles. The highest BCUT2D eigenvalue weighted by Gasteiger charge is 2.70. The van der Waals surface area contributed by atoms with Crippen LogP contribution in [-0.4, -0.2) is 47.4 Å². The quantitative estimate of drug-likeness (QED) is 0.351. The Morgan fingerprint density at radius 1 is 1.20 bits per heavy atom. The van der Waals surface area contributed by atoms with Crippen molar-refractivity contribution in [1.29, 1.82) is 0 Å². The molecule has 2 amide bonds. The van der Waals surface area contributed by atoms with Crippen LogP contribution in [0.5, 0.6) is 0 Å². The SMILES string of the molecule is CCC(C)C1(C(=O)O)NC(c2ccc(N(C)C)cc2)C2C(=O)N(c3cccc([N+](=O)[O-])c3)C(=O)C21. The molecule has 10 nitrogen and oxygen atoms in total. The Labute approximate surface area is 202 Å². The molecule has 2 heterocycles. The minimum Gasteiger partial charge on any atom is -0.480 e. The second kappa shape index (κ2) is 8.77. The van der Waals surface area contributed by atoms with Crippen LogP contribution in [0, 0.1) is 27.9 Å². The molecule has 2 fully saturated rings. The number of hydrogen-bond acceptors (Lipinski definition) is 7. The first-order chi connectivity index (χ1) is 16.5. The zero-order chi connectivity index (χ0) is 25.7. The van der Waals surface area contributed by atoms with Crippen LogP contribution < -0.4 is 15.1 Å². The van der Waals surface area contributed by atoms with E-state index in [4.69, 9.17) is 0 Å². The standard InChI is InChI=1S/C25H28N4O6/c1-5-14(2)25(24(32)33)20-19(21(26-25)15-9-11-16(12-10-15)27(3)4)22(30)28(23(20)31)17-7-6-8-18(13-17)29(34)35/h6-14,19-21,26H,5H2,1-4H3,(H,32,33). The van der Waals surface area contributed by atoms with Gasteiger partial charge in [0.05, 0.1) is 22.4 Å². The zero-order valence-corrected chi connectivity index (χ0v) is 20.0. The number of nitro groups is 1. The van der Waals surface area contributed by atoms with Crippen LogP contribution in [0.4, 0.5) is 17.1 Å². The molecule has 2 aromatic rings. The maximum absolute atomic E-state index is 13.8. The van der Waals surface area contributed by atoms with Gasteiger partial charge in [-0.1, -0.05) is 38.5 Å². The van der Waals surface area contributed by atoms with Gasteiger partial charge >= 0.3 is 5.97 Å². The number of amides is 2. The molecule has 5 atom stereocenters. The number of carbonyl (C=O) groups is 3. The summed E-state index contributed by atoms with van der Waals surface area (Å²) in [6.45, 7) is 3.59. The van der Waals surface area contributed by atoms with Crippen molar-refractivity contribution in [2.75, 3.05) is 23.9 Å². The third-order valence-corrected chi connectivity index (χ3v) is 7.41. The Morgan fingerprint density at radius 2 is 1.86 bits per heavy atom. The molecule has 5 unspecified atom stereocenters. The van der Waals surface area contributed by atoms with E-state index in [0.29, 0.717) is 12.0 Å². The molecule has 0 spiro atoms. The molecule has 2 saturated heterocycles. The number of fused-ring (bicyclic) bond motifs is 1. The lowest BCUT2D eigenvalue weighted by Crippen LogP contribution is -2.59. The van der Waals surface area contributed by atoms with E-state index in [1.807, 2.05) is 50.2 Å². The lowest BCUT2D eigenvalue weighted by atomic mass is 9.72. The van der Waals surface area contributed by atoms with Gasteiger partial charge < -0.3 is 10.0 Å². The topological polar surface area (TPSA) is 133 Å². The number of nitro benzene ring substituents is 1. The Hall–Kier alpha value is -3.79. The summed E-state index contributed by atoms with van der Waals surface area (Å²) in [6.07, 6.45) is 0.465. The predicted octanol–water partition coefficient (Wildman–Crippen LogP) is 2.98. The Balaban J connectivity index is 1.86. The van der Waals surface area contributed by atoms with Gasteiger partial charge in [0.15, 0.2) is 0 Å². The molecule has 35 heavy (non-hydrogen) atoms. The fraction of sp³-hybridized carbons (Fsp3) is 0.400. The minimum absolute atomic E-state index is 0.0637. The van der Waals surface area contributed by atoms with E-state index in [-0.39, 0.29) is 11.4 Å². The van der Waals surface area contributed by atoms with Crippen molar-refractivity contribution >= 4 is 34.8 Å². The lowest BCUT2D eigenvalue weighted by molar-refractivity contribution is -0.384. The van der Waals surface area contributed by atoms with Crippen LogP contribution in [-0.2, 0) is 14.4 Å². The first kappa shape index (κ1) is 24.3. The van der Waals surface area contributed by atoms with Crippen LogP contribution in [0.1, 0.15) is 31.9 Å². The number of benzene rings is 2. The van der Waals surface area contributed by atoms with Crippen molar-refractivity contribution in [1.82, 2.24) is 5.32 Å². The van der Waals surface area contributed by atoms with Gasteiger partial charge in [0.2, 0.25) is 11.8 Å². The molecule has 0 aromatic heterocycles. The number of carboxylic acids is 1. The summed E-state index contributed by atoms with van der Waals surface area (Å²) in [5.74, 6) is -5.04. The first-order valence-corrected chi connectivity index (χ1v) is 11.4. The van der Waals surface area contributed by atoms with Crippen LogP contribution in [0.25, 0.3) is 0 Å². The number of anilines is 2. The number of hydrogen-bond donors (Lipinski definition) is 2. The van der Waals surface area contributed by atoms with Gasteiger partial charge in [-0.05, 0) is 29.7 Å². The number of aliphatic carboxylic acids is 1. The fourth-order valence-electron chi connectivity index (χ4n) is 5.39. The number of non-ortho nitro benzene ring substituents is 1. The van der Waals surface area contributed by atoms with Gasteiger partial charge in [-0.15, -0.1) is 0 Å². The highest BCUT2D eigenvalue weighted by molar-refractivity contribution is 6.24. The highest BCUT2D eigenvalue weighted by Crippen LogP contribution is 2.53. The van der Waals surface area contributed by atoms with Gasteiger partial charge in [0, 0.05) is 38.0 Å². The van der Waals surface area contributed by atoms with Gasteiger partial charge in [-0.25, -0.2) is 4.90 Å². The van der Waals surface area contributed by atoms with E-state index in [9.17, 15) is 29.6 Å². The molecule has 10 heteroatoms. The number of nitrogens with one attached hydrogen (secondary N) is 1. The Kier molecular flexibility index (Phi) is 6.10. The summed E-state index contributed by atoms with van der Waals surface area (Å²) >= 11 is 0. The first-order valence-electron chi connectivity index (χ1n) is 11.4. The van der Waals surface area contributed by atoms with Crippen molar-refractivity contribution in [3.8, 4) is 0 Å². The Bertz CT molecular complexity index is 1200. The number of carbonyl (C=O) groups excluding carboxylic acids is 2. The summed E-state index contributed by atoms with van der Waals surface area (Å²) in [5, 5.41) is 24.9. The van der Waals surface area contributed by atoms with Crippen LogP contribution in [0.3, 0.4) is 0 Å². The van der Waals surface area contributed by atoms with Gasteiger partial charge in [-0.3, -0.25) is 29.8 Å². The van der Waals surface area contributed by atoms with E-state index >= 15 is 0 Å². The monoisotopic (exact) mass is 480 g/mol. The highest BCUT2D eigenvalue weighted by atomic mass is 16.6. The maximum atomic E-state index is 13.8. The number of carboxylic acid groups (broad SMARTS) is 1. The van der Waals surface area contributed by atoms with Crippen molar-refractivity contribution < 1.29 is 24.4 Å². The van der Waals surface area contributed by atoms with Gasteiger partial charge in [-0.2, -0.15) is 0 Å². The molecular weight excluding hydrogens is 452 g/mol. The molecule has 4 rings (SSSR count). The third kappa shape index (κ3) is 3.65. The average Bonchev–Trinajstić information content (AvgIpc) is 3.33. The van der Waals surface area contributed by atoms with Gasteiger partial charge in [0.1, 0.15) is 5.54 Å². The second-order valence-corrected chi connectivity index (χ2v) is 9.38. The van der Waals surface area contributed by atoms with E-state index in [1.165, 1.54) is 18.2 Å². The van der Waals surface area contributed by atoms with E-state index in [2.05, 4.69) is 5.32 Å². The molecule has 0 aliphatic carbocycles. The van der Waals surface area contributed by atoms with Crippen LogP contribution >= 0.6 is 0 Å². The molecule has 2 aliphatic rings. The third-order valence-electron chi connectivity index (χ3n) is 7.41. The van der Waals surface area contributed by atoms with Crippen molar-refractivity contribution in [2.24, 2.45) is 17.8 Å². The molecule has 2 aliphatic heterocycles. The molecule has 184 valence electrons. The smallest absolute Gasteiger partial charge is 0.325 e. The molecule has 0 bridgehead atoms. The van der Waals surface area contributed by atoms with E-state index in [1.54, 1.807) is 6.92 Å². The maximum Gasteiger partial charge on any atom is 0.325 e. The number of rotatable bonds is 7. The largest absolute Gasteiger partial charge is 0.480 e. The summed E-state index contributed by atoms with van der Waals surface area (Å²) in [6, 6.07) is 12.0. The molecular formula is C25H28N4O6. The lowest BCUT2D eigenvalue weighted by Gasteiger charge is -2.36. The summed E-state index contributed by atoms with van der Waals surface area (Å²) in [5.41, 5.74) is -0.248. The van der Waals surface area contributed by atoms with E-state index in [0.717, 1.165) is 16.7 Å². The van der Waals surface area contributed by atoms with Crippen molar-refractivity contribution in [3.63, 3.8) is 0 Å². The minimum atomic E-state index is -1.67. The number of nitrogens with zero attached hydrogens (tertiary/aromatic N) is 3. The summed E-state index contributed by atoms with van der Waals surface area (Å²) in [4.78, 5) is 53.8. The molecule has 2 N–H and O–H groups in total. The normalized spacial score (nSPS) is 26.5. The molecule has 0 saturated carbocycles. The zero-order valence-electron chi connectivity index (χ0n) is 20.0. The van der Waals surface area contributed by atoms with Gasteiger partial charge in [0.25, 0.3) is 5.69 Å². The van der Waals surface area contributed by atoms with Crippen LogP contribution in [0.15, 0.2) is 48.5 Å². The van der Waals surface area contributed by atoms with Crippen molar-refractivity contribution in [2.45, 2.75) is 31.8 Å². The predicted molar refractivity (Wildman–Crippen MR) is 129 cm³/mol. The summed E-state index contributed by atoms with van der Waals surface area (Å²) in [7, 11) is 3.79. The fourth-order valence-corrected chi connectivity index (χ4v) is 5.39.